The van der Waals surface area contributed by atoms with Crippen molar-refractivity contribution in [2.24, 2.45) is 58.1 Å². The quantitative estimate of drug-likeness (QED) is 0.490. The zero-order valence-electron chi connectivity index (χ0n) is 27.0. The van der Waals surface area contributed by atoms with Crippen molar-refractivity contribution >= 4 is 5.78 Å². The predicted octanol–water partition coefficient (Wildman–Crippen LogP) is 3.81. The van der Waals surface area contributed by atoms with Crippen LogP contribution in [0.1, 0.15) is 94.6 Å². The Morgan fingerprint density at radius 1 is 1.03 bits per heavy atom. The lowest BCUT2D eigenvalue weighted by molar-refractivity contribution is -0.175. The van der Waals surface area contributed by atoms with Crippen molar-refractivity contribution < 1.29 is 33.4 Å². The summed E-state index contributed by atoms with van der Waals surface area (Å²) in [5.41, 5.74) is -2.14. The summed E-state index contributed by atoms with van der Waals surface area (Å²) in [6.07, 6.45) is -9.78. The van der Waals surface area contributed by atoms with Crippen LogP contribution >= 0.6 is 0 Å². The number of aliphatic hydroxyl groups excluding tert-OH is 4. The van der Waals surface area contributed by atoms with Gasteiger partial charge in [0.05, 0.1) is 24.4 Å². The van der Waals surface area contributed by atoms with Crippen molar-refractivity contribution in [3.8, 4) is 0 Å². The van der Waals surface area contributed by atoms with Gasteiger partial charge in [0.25, 0.3) is 0 Å². The third-order valence-corrected chi connectivity index (χ3v) is 10.3. The molecule has 4 saturated carbocycles. The molecule has 5 heteroatoms. The average molecular weight is 471 g/mol. The fourth-order valence-corrected chi connectivity index (χ4v) is 7.76. The van der Waals surface area contributed by atoms with Gasteiger partial charge in [0.15, 0.2) is 0 Å². The molecule has 190 valence electrons. The molecule has 0 aliphatic heterocycles. The molecule has 0 aromatic heterocycles. The van der Waals surface area contributed by atoms with Crippen molar-refractivity contribution in [3.05, 3.63) is 0 Å². The number of fused-ring (bicyclic) bond motifs is 5. The first-order chi connectivity index (χ1) is 17.6. The Morgan fingerprint density at radius 3 is 2.33 bits per heavy atom. The average Bonchev–Trinajstić information content (AvgIpc) is 2.92. The van der Waals surface area contributed by atoms with Crippen molar-refractivity contribution in [1.29, 1.82) is 0 Å². The van der Waals surface area contributed by atoms with E-state index >= 15 is 0 Å². The van der Waals surface area contributed by atoms with Crippen LogP contribution in [0.3, 0.4) is 0 Å². The highest BCUT2D eigenvalue weighted by atomic mass is 16.3. The second-order valence-electron chi connectivity index (χ2n) is 12.4. The van der Waals surface area contributed by atoms with Crippen molar-refractivity contribution in [1.82, 2.24) is 0 Å². The first-order valence-electron chi connectivity index (χ1n) is 15.8. The van der Waals surface area contributed by atoms with Gasteiger partial charge in [0, 0.05) is 20.6 Å². The highest BCUT2D eigenvalue weighted by molar-refractivity contribution is 5.83. The fourth-order valence-electron chi connectivity index (χ4n) is 7.76. The molecule has 4 N–H and O–H groups in total. The van der Waals surface area contributed by atoms with Gasteiger partial charge < -0.3 is 20.4 Å². The van der Waals surface area contributed by atoms with E-state index in [0.717, 1.165) is 0 Å². The lowest BCUT2D eigenvalue weighted by Gasteiger charge is -2.61. The van der Waals surface area contributed by atoms with E-state index in [4.69, 9.17) is 2.74 Å². The molecule has 0 radical (unpaired) electrons. The van der Waals surface area contributed by atoms with Crippen LogP contribution in [-0.4, -0.2) is 50.6 Å². The Bertz CT molecular complexity index is 991. The summed E-state index contributed by atoms with van der Waals surface area (Å²) in [6, 6.07) is 0. The summed E-state index contributed by atoms with van der Waals surface area (Å²) in [6.45, 7) is 10.2. The number of Topliss-reactive ketones (excluding diaryl/α,β-unsaturated/α-hetero) is 1. The molecular formula is C28H48O5. The van der Waals surface area contributed by atoms with Crippen LogP contribution in [-0.2, 0) is 4.79 Å². The van der Waals surface area contributed by atoms with E-state index in [2.05, 4.69) is 0 Å². The third-order valence-electron chi connectivity index (χ3n) is 10.3. The van der Waals surface area contributed by atoms with E-state index in [1.165, 1.54) is 6.92 Å². The maximum Gasteiger partial charge on any atom is 0.136 e. The van der Waals surface area contributed by atoms with Crippen molar-refractivity contribution in [2.45, 2.75) is 111 Å². The SMILES string of the molecule is [2H]C1([2H])[C@H]2[C@@H]3CC(=O)[C@H]4C[C@H](O)[C@H](O)C[C@]4(C)[C@H]3CC[C@]2(C)[C@@]([2H])([C@]([2H])(C)[C@@H](O)[C@H](O)[C@@H](C)C(C)C)C1([2H])[2H]. The lowest BCUT2D eigenvalue weighted by Crippen LogP contribution is -2.59. The molecule has 0 aromatic carbocycles. The Labute approximate surface area is 208 Å². The van der Waals surface area contributed by atoms with E-state index in [1.54, 1.807) is 13.8 Å². The first-order valence-corrected chi connectivity index (χ1v) is 12.8. The van der Waals surface area contributed by atoms with E-state index in [0.29, 0.717) is 6.42 Å². The van der Waals surface area contributed by atoms with Crippen LogP contribution in [0.2, 0.25) is 0 Å². The molecule has 0 heterocycles. The zero-order valence-corrected chi connectivity index (χ0v) is 21.0. The van der Waals surface area contributed by atoms with Crippen LogP contribution in [0.4, 0.5) is 0 Å². The summed E-state index contributed by atoms with van der Waals surface area (Å²) < 4.78 is 55.7. The highest BCUT2D eigenvalue weighted by Gasteiger charge is 2.63. The molecule has 4 rings (SSSR count). The smallest absolute Gasteiger partial charge is 0.136 e. The molecule has 0 amide bonds. The van der Waals surface area contributed by atoms with Gasteiger partial charge in [0.2, 0.25) is 0 Å². The molecule has 33 heavy (non-hydrogen) atoms. The van der Waals surface area contributed by atoms with Crippen molar-refractivity contribution in [3.63, 3.8) is 0 Å². The van der Waals surface area contributed by atoms with Gasteiger partial charge in [-0.25, -0.2) is 0 Å². The fraction of sp³-hybridized carbons (Fsp3) is 0.964. The maximum absolute atomic E-state index is 13.5. The van der Waals surface area contributed by atoms with Gasteiger partial charge in [0.1, 0.15) is 5.78 Å². The second-order valence-corrected chi connectivity index (χ2v) is 12.4. The van der Waals surface area contributed by atoms with E-state index in [9.17, 15) is 30.7 Å². The largest absolute Gasteiger partial charge is 0.390 e. The molecule has 0 spiro atoms. The molecule has 0 aromatic rings. The Morgan fingerprint density at radius 2 is 1.70 bits per heavy atom. The molecule has 5 nitrogen and oxygen atoms in total. The van der Waals surface area contributed by atoms with E-state index in [-0.39, 0.29) is 43.3 Å². The van der Waals surface area contributed by atoms with Crippen LogP contribution in [0, 0.1) is 58.1 Å². The molecule has 0 bridgehead atoms. The third kappa shape index (κ3) is 3.93. The standard InChI is InChI=1S/C28H48O5/c1-14(2)15(3)25(32)26(33)16(4)18-7-8-19-17-11-22(29)21-12-23(30)24(31)13-28(21,6)20(17)9-10-27(18,19)5/h14-21,23-26,30-33H,7-13H2,1-6H3/t15-,16-,17-,18+,19-,20-,21+,23-,24+,25+,26+,27+,28+/m0/s1/i7D2,8D2,16D,18D. The van der Waals surface area contributed by atoms with Crippen LogP contribution < -0.4 is 0 Å². The van der Waals surface area contributed by atoms with Crippen molar-refractivity contribution in [2.75, 3.05) is 0 Å². The summed E-state index contributed by atoms with van der Waals surface area (Å²) in [5, 5.41) is 43.3. The van der Waals surface area contributed by atoms with E-state index < -0.39 is 83.5 Å². The van der Waals surface area contributed by atoms with Gasteiger partial charge in [-0.05, 0) is 90.6 Å². The lowest BCUT2D eigenvalue weighted by atomic mass is 9.44. The van der Waals surface area contributed by atoms with Gasteiger partial charge in [-0.2, -0.15) is 0 Å². The highest BCUT2D eigenvalue weighted by Crippen LogP contribution is 2.67. The monoisotopic (exact) mass is 470 g/mol. The number of ketones is 1. The minimum absolute atomic E-state index is 0.00998. The maximum atomic E-state index is 13.5. The Hall–Kier alpha value is -0.490. The molecular weight excluding hydrogens is 416 g/mol. The normalized spacial score (nSPS) is 58.0. The first kappa shape index (κ1) is 18.7. The molecule has 0 unspecified atom stereocenters. The summed E-state index contributed by atoms with van der Waals surface area (Å²) in [4.78, 5) is 13.5. The molecule has 13 atom stereocenters. The number of hydrogen-bond donors (Lipinski definition) is 4. The Kier molecular flexibility index (Phi) is 5.03. The van der Waals surface area contributed by atoms with Crippen LogP contribution in [0.15, 0.2) is 0 Å². The number of aliphatic hydroxyl groups is 4. The second kappa shape index (κ2) is 8.87. The predicted molar refractivity (Wildman–Crippen MR) is 128 cm³/mol. The molecule has 4 aliphatic carbocycles. The number of hydrogen-bond acceptors (Lipinski definition) is 5. The topological polar surface area (TPSA) is 98.0 Å². The minimum Gasteiger partial charge on any atom is -0.390 e. The van der Waals surface area contributed by atoms with Crippen LogP contribution in [0.5, 0.6) is 0 Å². The minimum atomic E-state index is -2.89. The van der Waals surface area contributed by atoms with Crippen LogP contribution in [0.25, 0.3) is 0 Å². The summed E-state index contributed by atoms with van der Waals surface area (Å²) in [7, 11) is 0. The number of carbonyl (C=O) groups is 1. The Balaban J connectivity index is 1.83. The van der Waals surface area contributed by atoms with Gasteiger partial charge in [-0.15, -0.1) is 0 Å². The number of carbonyl (C=O) groups excluding carboxylic acids is 1. The van der Waals surface area contributed by atoms with Gasteiger partial charge >= 0.3 is 0 Å². The molecule has 4 fully saturated rings. The van der Waals surface area contributed by atoms with Gasteiger partial charge in [-0.1, -0.05) is 41.5 Å². The summed E-state index contributed by atoms with van der Waals surface area (Å²) in [5.74, 6) is -7.83. The molecule has 4 aliphatic rings. The molecule has 0 saturated heterocycles. The van der Waals surface area contributed by atoms with E-state index in [1.807, 2.05) is 20.8 Å². The summed E-state index contributed by atoms with van der Waals surface area (Å²) >= 11 is 0. The zero-order chi connectivity index (χ0) is 29.9. The number of rotatable bonds is 5. The van der Waals surface area contributed by atoms with Gasteiger partial charge in [-0.3, -0.25) is 4.79 Å².